The minimum atomic E-state index is -0.744. The van der Waals surface area contributed by atoms with Crippen molar-refractivity contribution in [3.8, 4) is 0 Å². The van der Waals surface area contributed by atoms with E-state index in [1.54, 1.807) is 6.92 Å². The fourth-order valence-corrected chi connectivity index (χ4v) is 0.621. The summed E-state index contributed by atoms with van der Waals surface area (Å²) in [6.07, 6.45) is -0.556. The summed E-state index contributed by atoms with van der Waals surface area (Å²) in [5.74, 6) is -1.19. The Labute approximate surface area is 70.3 Å². The number of carbonyl (C=O) groups excluding carboxylic acids is 2. The zero-order valence-corrected chi connectivity index (χ0v) is 7.07. The predicted molar refractivity (Wildman–Crippen MR) is 39.3 cm³/mol. The molecule has 0 aliphatic heterocycles. The summed E-state index contributed by atoms with van der Waals surface area (Å²) in [5.41, 5.74) is 0. The predicted octanol–water partition coefficient (Wildman–Crippen LogP) is -0.527. The number of hydrogen-bond donors (Lipinski definition) is 1. The van der Waals surface area contributed by atoms with Gasteiger partial charge in [0.1, 0.15) is 12.7 Å². The highest BCUT2D eigenvalue weighted by Crippen LogP contribution is 1.98. The largest absolute Gasteiger partial charge is 0.469 e. The molecule has 5 heteroatoms. The van der Waals surface area contributed by atoms with Gasteiger partial charge in [-0.2, -0.15) is 0 Å². The van der Waals surface area contributed by atoms with E-state index in [4.69, 9.17) is 5.11 Å². The maximum Gasteiger partial charge on any atom is 0.332 e. The summed E-state index contributed by atoms with van der Waals surface area (Å²) in [4.78, 5) is 21.1. The van der Waals surface area contributed by atoms with Crippen LogP contribution >= 0.6 is 0 Å². The monoisotopic (exact) mass is 176 g/mol. The molecule has 0 heterocycles. The fourth-order valence-electron chi connectivity index (χ4n) is 0.621. The van der Waals surface area contributed by atoms with Gasteiger partial charge in [0.2, 0.25) is 0 Å². The molecule has 0 saturated heterocycles. The molecule has 0 amide bonds. The Kier molecular flexibility index (Phi) is 5.03. The second-order valence-electron chi connectivity index (χ2n) is 2.24. The number of rotatable bonds is 4. The zero-order chi connectivity index (χ0) is 9.56. The lowest BCUT2D eigenvalue weighted by atomic mass is 10.3. The zero-order valence-electron chi connectivity index (χ0n) is 7.07. The summed E-state index contributed by atoms with van der Waals surface area (Å²) >= 11 is 0. The second-order valence-corrected chi connectivity index (χ2v) is 2.24. The molecule has 12 heavy (non-hydrogen) atoms. The van der Waals surface area contributed by atoms with Gasteiger partial charge in [-0.3, -0.25) is 4.79 Å². The highest BCUT2D eigenvalue weighted by Gasteiger charge is 2.12. The molecule has 0 fully saturated rings. The van der Waals surface area contributed by atoms with E-state index in [1.165, 1.54) is 7.11 Å². The Morgan fingerprint density at radius 2 is 2.00 bits per heavy atom. The van der Waals surface area contributed by atoms with Crippen LogP contribution in [0.2, 0.25) is 0 Å². The molecule has 0 aliphatic rings. The van der Waals surface area contributed by atoms with Crippen molar-refractivity contribution in [1.29, 1.82) is 0 Å². The van der Waals surface area contributed by atoms with Crippen molar-refractivity contribution in [2.45, 2.75) is 19.4 Å². The van der Waals surface area contributed by atoms with Crippen LogP contribution in [0.1, 0.15) is 13.3 Å². The van der Waals surface area contributed by atoms with Crippen molar-refractivity contribution < 1.29 is 24.2 Å². The standard InChI is InChI=1S/C7H12O5/c1-5(3-6(9)11-2)12-7(10)4-8/h5,8H,3-4H2,1-2H3/t5-/m1/s1. The number of hydrogen-bond acceptors (Lipinski definition) is 5. The third-order valence-electron chi connectivity index (χ3n) is 1.14. The highest BCUT2D eigenvalue weighted by atomic mass is 16.6. The summed E-state index contributed by atoms with van der Waals surface area (Å²) in [6.45, 7) is 0.871. The quantitative estimate of drug-likeness (QED) is 0.583. The Bertz CT molecular complexity index is 147. The van der Waals surface area contributed by atoms with Crippen LogP contribution in [-0.2, 0) is 19.1 Å². The molecule has 5 nitrogen and oxygen atoms in total. The number of carbonyl (C=O) groups is 2. The molecule has 0 saturated carbocycles. The molecule has 0 aromatic heterocycles. The number of esters is 2. The van der Waals surface area contributed by atoms with E-state index in [0.29, 0.717) is 0 Å². The van der Waals surface area contributed by atoms with Crippen LogP contribution in [0.15, 0.2) is 0 Å². The third-order valence-corrected chi connectivity index (χ3v) is 1.14. The maximum atomic E-state index is 10.6. The van der Waals surface area contributed by atoms with E-state index in [9.17, 15) is 9.59 Å². The molecule has 1 atom stereocenters. The van der Waals surface area contributed by atoms with Crippen LogP contribution in [0.25, 0.3) is 0 Å². The van der Waals surface area contributed by atoms with Crippen molar-refractivity contribution in [3.05, 3.63) is 0 Å². The molecule has 0 aromatic carbocycles. The first-order valence-electron chi connectivity index (χ1n) is 3.47. The second kappa shape index (κ2) is 5.54. The smallest absolute Gasteiger partial charge is 0.332 e. The topological polar surface area (TPSA) is 72.8 Å². The van der Waals surface area contributed by atoms with Crippen LogP contribution in [0.5, 0.6) is 0 Å². The third kappa shape index (κ3) is 4.68. The first-order chi connectivity index (χ1) is 5.60. The van der Waals surface area contributed by atoms with E-state index in [1.807, 2.05) is 0 Å². The molecule has 0 spiro atoms. The lowest BCUT2D eigenvalue weighted by Crippen LogP contribution is -2.21. The van der Waals surface area contributed by atoms with Crippen molar-refractivity contribution in [2.75, 3.05) is 13.7 Å². The molecule has 1 N–H and O–H groups in total. The fraction of sp³-hybridized carbons (Fsp3) is 0.714. The average molecular weight is 176 g/mol. The van der Waals surface area contributed by atoms with Gasteiger partial charge in [-0.25, -0.2) is 4.79 Å². The van der Waals surface area contributed by atoms with Gasteiger partial charge in [-0.1, -0.05) is 0 Å². The number of aliphatic hydroxyl groups is 1. The van der Waals surface area contributed by atoms with E-state index in [0.717, 1.165) is 0 Å². The Balaban J connectivity index is 3.66. The van der Waals surface area contributed by atoms with Crippen molar-refractivity contribution >= 4 is 11.9 Å². The first kappa shape index (κ1) is 10.9. The molecule has 0 rings (SSSR count). The number of ether oxygens (including phenoxy) is 2. The SMILES string of the molecule is COC(=O)C[C@@H](C)OC(=O)CO. The minimum Gasteiger partial charge on any atom is -0.469 e. The number of aliphatic hydroxyl groups excluding tert-OH is 1. The maximum absolute atomic E-state index is 10.6. The van der Waals surface area contributed by atoms with Gasteiger partial charge >= 0.3 is 11.9 Å². The lowest BCUT2D eigenvalue weighted by Gasteiger charge is -2.10. The van der Waals surface area contributed by atoms with Gasteiger partial charge in [0.25, 0.3) is 0 Å². The molecule has 0 unspecified atom stereocenters. The Morgan fingerprint density at radius 3 is 2.42 bits per heavy atom. The van der Waals surface area contributed by atoms with Gasteiger partial charge in [-0.05, 0) is 6.92 Å². The molecule has 70 valence electrons. The number of methoxy groups -OCH3 is 1. The summed E-state index contributed by atoms with van der Waals surface area (Å²) in [6, 6.07) is 0. The van der Waals surface area contributed by atoms with Gasteiger partial charge in [0.15, 0.2) is 0 Å². The molecular formula is C7H12O5. The van der Waals surface area contributed by atoms with Crippen molar-refractivity contribution in [3.63, 3.8) is 0 Å². The highest BCUT2D eigenvalue weighted by molar-refractivity contribution is 5.72. The Morgan fingerprint density at radius 1 is 1.42 bits per heavy atom. The van der Waals surface area contributed by atoms with E-state index < -0.39 is 24.6 Å². The van der Waals surface area contributed by atoms with Crippen LogP contribution in [0.3, 0.4) is 0 Å². The van der Waals surface area contributed by atoms with Crippen LogP contribution in [-0.4, -0.2) is 36.9 Å². The van der Waals surface area contributed by atoms with Gasteiger partial charge in [0.05, 0.1) is 13.5 Å². The molecule has 0 aliphatic carbocycles. The van der Waals surface area contributed by atoms with Crippen molar-refractivity contribution in [2.24, 2.45) is 0 Å². The lowest BCUT2D eigenvalue weighted by molar-refractivity contribution is -0.155. The molecule has 0 radical (unpaired) electrons. The van der Waals surface area contributed by atoms with Gasteiger partial charge in [0, 0.05) is 0 Å². The molecule has 0 aromatic rings. The van der Waals surface area contributed by atoms with Crippen LogP contribution < -0.4 is 0 Å². The first-order valence-corrected chi connectivity index (χ1v) is 3.47. The van der Waals surface area contributed by atoms with Gasteiger partial charge in [-0.15, -0.1) is 0 Å². The van der Waals surface area contributed by atoms with E-state index in [-0.39, 0.29) is 6.42 Å². The normalized spacial score (nSPS) is 11.9. The van der Waals surface area contributed by atoms with Crippen molar-refractivity contribution in [1.82, 2.24) is 0 Å². The van der Waals surface area contributed by atoms with E-state index in [2.05, 4.69) is 9.47 Å². The average Bonchev–Trinajstić information content (AvgIpc) is 2.03. The van der Waals surface area contributed by atoms with E-state index >= 15 is 0 Å². The van der Waals surface area contributed by atoms with Gasteiger partial charge < -0.3 is 14.6 Å². The molecular weight excluding hydrogens is 164 g/mol. The summed E-state index contributed by atoms with van der Waals surface area (Å²) < 4.78 is 8.93. The Hall–Kier alpha value is -1.10. The molecule has 0 bridgehead atoms. The minimum absolute atomic E-state index is 0.00222. The van der Waals surface area contributed by atoms with Crippen LogP contribution in [0, 0.1) is 0 Å². The summed E-state index contributed by atoms with van der Waals surface area (Å²) in [7, 11) is 1.25. The van der Waals surface area contributed by atoms with Crippen LogP contribution in [0.4, 0.5) is 0 Å². The summed E-state index contributed by atoms with van der Waals surface area (Å²) in [5, 5.41) is 8.28.